The van der Waals surface area contributed by atoms with E-state index in [1.165, 1.54) is 12.6 Å². The molecule has 1 amide bonds. The van der Waals surface area contributed by atoms with E-state index in [1.807, 2.05) is 12.1 Å². The van der Waals surface area contributed by atoms with Crippen molar-refractivity contribution in [2.75, 3.05) is 11.1 Å². The number of pyridine rings is 1. The minimum absolute atomic E-state index is 0.289. The van der Waals surface area contributed by atoms with E-state index in [2.05, 4.69) is 15.3 Å². The molecule has 2 aromatic heterocycles. The molecule has 3 rings (SSSR count). The van der Waals surface area contributed by atoms with Gasteiger partial charge in [-0.15, -0.1) is 0 Å². The van der Waals surface area contributed by atoms with Gasteiger partial charge in [-0.05, 0) is 36.4 Å². The van der Waals surface area contributed by atoms with Crippen LogP contribution in [0.1, 0.15) is 10.5 Å². The van der Waals surface area contributed by atoms with E-state index in [0.717, 1.165) is 5.56 Å². The maximum absolute atomic E-state index is 12.0. The number of oxazole rings is 1. The molecule has 1 aromatic carbocycles. The highest BCUT2D eigenvalue weighted by Gasteiger charge is 2.08. The minimum atomic E-state index is -0.289. The Bertz CT molecular complexity index is 734. The number of hydrogen-bond donors (Lipinski definition) is 2. The van der Waals surface area contributed by atoms with Crippen molar-refractivity contribution in [3.8, 4) is 11.3 Å². The molecule has 0 radical (unpaired) electrons. The Labute approximate surface area is 120 Å². The lowest BCUT2D eigenvalue weighted by Gasteiger charge is -2.05. The normalized spacial score (nSPS) is 10.3. The SMILES string of the molecule is Nc1ccc(C(=O)Nc2ccc(-c3cnco3)cc2)nc1. The lowest BCUT2D eigenvalue weighted by atomic mass is 10.1. The van der Waals surface area contributed by atoms with Gasteiger partial charge in [0.2, 0.25) is 0 Å². The summed E-state index contributed by atoms with van der Waals surface area (Å²) in [4.78, 5) is 19.8. The minimum Gasteiger partial charge on any atom is -0.444 e. The van der Waals surface area contributed by atoms with Crippen LogP contribution in [0.2, 0.25) is 0 Å². The smallest absolute Gasteiger partial charge is 0.274 e. The van der Waals surface area contributed by atoms with Crippen LogP contribution in [0.3, 0.4) is 0 Å². The first-order valence-electron chi connectivity index (χ1n) is 6.24. The van der Waals surface area contributed by atoms with Crippen molar-refractivity contribution in [2.24, 2.45) is 0 Å². The van der Waals surface area contributed by atoms with Crippen LogP contribution < -0.4 is 11.1 Å². The van der Waals surface area contributed by atoms with E-state index in [9.17, 15) is 4.79 Å². The number of nitrogens with zero attached hydrogens (tertiary/aromatic N) is 2. The van der Waals surface area contributed by atoms with Gasteiger partial charge in [0.05, 0.1) is 18.1 Å². The molecule has 0 aliphatic heterocycles. The molecule has 0 spiro atoms. The third kappa shape index (κ3) is 2.89. The van der Waals surface area contributed by atoms with Crippen LogP contribution in [-0.4, -0.2) is 15.9 Å². The van der Waals surface area contributed by atoms with E-state index < -0.39 is 0 Å². The average Bonchev–Trinajstić information content (AvgIpc) is 3.03. The van der Waals surface area contributed by atoms with Crippen LogP contribution in [-0.2, 0) is 0 Å². The van der Waals surface area contributed by atoms with Gasteiger partial charge in [0.15, 0.2) is 12.2 Å². The lowest BCUT2D eigenvalue weighted by molar-refractivity contribution is 0.102. The van der Waals surface area contributed by atoms with Gasteiger partial charge in [0.1, 0.15) is 5.69 Å². The number of benzene rings is 1. The summed E-state index contributed by atoms with van der Waals surface area (Å²) in [6, 6.07) is 10.5. The summed E-state index contributed by atoms with van der Waals surface area (Å²) in [5, 5.41) is 2.76. The van der Waals surface area contributed by atoms with E-state index in [0.29, 0.717) is 22.8 Å². The molecule has 3 N–H and O–H groups in total. The Morgan fingerprint density at radius 3 is 2.52 bits per heavy atom. The van der Waals surface area contributed by atoms with Crippen molar-refractivity contribution >= 4 is 17.3 Å². The van der Waals surface area contributed by atoms with E-state index in [4.69, 9.17) is 10.2 Å². The summed E-state index contributed by atoms with van der Waals surface area (Å²) in [6.07, 6.45) is 4.45. The van der Waals surface area contributed by atoms with E-state index >= 15 is 0 Å². The van der Waals surface area contributed by atoms with Gasteiger partial charge in [-0.1, -0.05) is 0 Å². The second-order valence-electron chi connectivity index (χ2n) is 4.37. The highest BCUT2D eigenvalue weighted by atomic mass is 16.3. The molecule has 0 aliphatic carbocycles. The van der Waals surface area contributed by atoms with Crippen LogP contribution in [0.25, 0.3) is 11.3 Å². The second kappa shape index (κ2) is 5.46. The fourth-order valence-corrected chi connectivity index (χ4v) is 1.81. The van der Waals surface area contributed by atoms with Crippen LogP contribution in [0, 0.1) is 0 Å². The van der Waals surface area contributed by atoms with Crippen LogP contribution in [0.5, 0.6) is 0 Å². The summed E-state index contributed by atoms with van der Waals surface area (Å²) in [5.74, 6) is 0.385. The number of nitrogens with two attached hydrogens (primary N) is 1. The summed E-state index contributed by atoms with van der Waals surface area (Å²) >= 11 is 0. The molecular weight excluding hydrogens is 268 g/mol. The Hall–Kier alpha value is -3.15. The highest BCUT2D eigenvalue weighted by Crippen LogP contribution is 2.20. The Balaban J connectivity index is 1.73. The molecule has 0 aliphatic rings. The largest absolute Gasteiger partial charge is 0.444 e. The van der Waals surface area contributed by atoms with Gasteiger partial charge < -0.3 is 15.5 Å². The van der Waals surface area contributed by atoms with Gasteiger partial charge in [0, 0.05) is 11.3 Å². The van der Waals surface area contributed by atoms with Crippen molar-refractivity contribution in [1.82, 2.24) is 9.97 Å². The zero-order valence-corrected chi connectivity index (χ0v) is 11.0. The first-order chi connectivity index (χ1) is 10.2. The van der Waals surface area contributed by atoms with Crippen molar-refractivity contribution in [2.45, 2.75) is 0 Å². The zero-order chi connectivity index (χ0) is 14.7. The highest BCUT2D eigenvalue weighted by molar-refractivity contribution is 6.03. The number of carbonyl (C=O) groups excluding carboxylic acids is 1. The Morgan fingerprint density at radius 1 is 1.10 bits per heavy atom. The van der Waals surface area contributed by atoms with Crippen molar-refractivity contribution in [1.29, 1.82) is 0 Å². The standard InChI is InChI=1S/C15H12N4O2/c16-11-3-6-13(18-7-11)15(20)19-12-4-1-10(2-5-12)14-8-17-9-21-14/h1-9H,16H2,(H,19,20). The zero-order valence-electron chi connectivity index (χ0n) is 11.0. The summed E-state index contributed by atoms with van der Waals surface area (Å²) in [6.45, 7) is 0. The molecule has 0 atom stereocenters. The lowest BCUT2D eigenvalue weighted by Crippen LogP contribution is -2.13. The number of aromatic nitrogens is 2. The predicted molar refractivity (Wildman–Crippen MR) is 78.5 cm³/mol. The Kier molecular flexibility index (Phi) is 3.34. The number of carbonyl (C=O) groups is 1. The van der Waals surface area contributed by atoms with Gasteiger partial charge in [0.25, 0.3) is 5.91 Å². The maximum Gasteiger partial charge on any atom is 0.274 e. The van der Waals surface area contributed by atoms with Gasteiger partial charge in [-0.3, -0.25) is 4.79 Å². The third-order valence-corrected chi connectivity index (χ3v) is 2.88. The first-order valence-corrected chi connectivity index (χ1v) is 6.24. The monoisotopic (exact) mass is 280 g/mol. The van der Waals surface area contributed by atoms with Crippen molar-refractivity contribution in [3.05, 3.63) is 60.9 Å². The molecule has 2 heterocycles. The molecule has 0 saturated heterocycles. The third-order valence-electron chi connectivity index (χ3n) is 2.88. The summed E-state index contributed by atoms with van der Waals surface area (Å²) in [7, 11) is 0. The number of hydrogen-bond acceptors (Lipinski definition) is 5. The number of nitrogen functional groups attached to an aromatic ring is 1. The van der Waals surface area contributed by atoms with Crippen LogP contribution >= 0.6 is 0 Å². The van der Waals surface area contributed by atoms with Crippen LogP contribution in [0.15, 0.2) is 59.6 Å². The molecule has 6 nitrogen and oxygen atoms in total. The first kappa shape index (κ1) is 12.9. The molecule has 6 heteroatoms. The average molecular weight is 280 g/mol. The summed E-state index contributed by atoms with van der Waals surface area (Å²) in [5.41, 5.74) is 7.91. The van der Waals surface area contributed by atoms with Gasteiger partial charge >= 0.3 is 0 Å². The number of anilines is 2. The molecule has 0 fully saturated rings. The van der Waals surface area contributed by atoms with Crippen LogP contribution in [0.4, 0.5) is 11.4 Å². The van der Waals surface area contributed by atoms with Gasteiger partial charge in [-0.25, -0.2) is 9.97 Å². The molecule has 0 unspecified atom stereocenters. The predicted octanol–water partition coefficient (Wildman–Crippen LogP) is 2.57. The second-order valence-corrected chi connectivity index (χ2v) is 4.37. The molecule has 3 aromatic rings. The number of amides is 1. The number of rotatable bonds is 3. The number of nitrogens with one attached hydrogen (secondary N) is 1. The maximum atomic E-state index is 12.0. The topological polar surface area (TPSA) is 94.0 Å². The van der Waals surface area contributed by atoms with Crippen molar-refractivity contribution < 1.29 is 9.21 Å². The fraction of sp³-hybridized carbons (Fsp3) is 0. The van der Waals surface area contributed by atoms with E-state index in [1.54, 1.807) is 30.5 Å². The molecular formula is C15H12N4O2. The molecule has 0 bridgehead atoms. The quantitative estimate of drug-likeness (QED) is 0.769. The Morgan fingerprint density at radius 2 is 1.90 bits per heavy atom. The molecule has 104 valence electrons. The molecule has 0 saturated carbocycles. The van der Waals surface area contributed by atoms with Crippen molar-refractivity contribution in [3.63, 3.8) is 0 Å². The van der Waals surface area contributed by atoms with E-state index in [-0.39, 0.29) is 5.91 Å². The van der Waals surface area contributed by atoms with Gasteiger partial charge in [-0.2, -0.15) is 0 Å². The molecule has 21 heavy (non-hydrogen) atoms. The fourth-order valence-electron chi connectivity index (χ4n) is 1.81. The summed E-state index contributed by atoms with van der Waals surface area (Å²) < 4.78 is 5.20.